The maximum absolute atomic E-state index is 12.7. The van der Waals surface area contributed by atoms with Crippen LogP contribution in [0.4, 0.5) is 5.95 Å². The van der Waals surface area contributed by atoms with Gasteiger partial charge in [0.05, 0.1) is 6.54 Å². The summed E-state index contributed by atoms with van der Waals surface area (Å²) in [6, 6.07) is 9.19. The molecule has 3 aromatic rings. The molecular weight excluding hydrogens is 362 g/mol. The number of fused-ring (bicyclic) bond motifs is 1. The van der Waals surface area contributed by atoms with Crippen molar-refractivity contribution in [3.8, 4) is 5.75 Å². The monoisotopic (exact) mass is 387 g/mol. The standard InChI is InChI=1S/C19H25N5O4/c1-4-10-20-18-21-16-15(17(26)23(3)19(27)22(16)2)24(18)11-13(25)12-28-14-8-6-5-7-9-14/h5-9,13,25H,4,10-12H2,1-3H3,(H,20,21)/t13-/m0/s1. The topological polar surface area (TPSA) is 103 Å². The lowest BCUT2D eigenvalue weighted by atomic mass is 10.3. The molecule has 9 heteroatoms. The van der Waals surface area contributed by atoms with Crippen LogP contribution in [0.25, 0.3) is 11.2 Å². The molecule has 2 N–H and O–H groups in total. The first-order valence-electron chi connectivity index (χ1n) is 9.20. The number of imidazole rings is 1. The number of benzene rings is 1. The summed E-state index contributed by atoms with van der Waals surface area (Å²) in [7, 11) is 3.00. The number of nitrogens with one attached hydrogen (secondary N) is 1. The van der Waals surface area contributed by atoms with E-state index in [-0.39, 0.29) is 24.3 Å². The molecule has 0 fully saturated rings. The van der Waals surface area contributed by atoms with Crippen LogP contribution in [0.3, 0.4) is 0 Å². The summed E-state index contributed by atoms with van der Waals surface area (Å²) in [5.41, 5.74) is -0.353. The number of aromatic nitrogens is 4. The minimum absolute atomic E-state index is 0.0585. The van der Waals surface area contributed by atoms with Crippen LogP contribution in [0.15, 0.2) is 39.9 Å². The molecule has 1 atom stereocenters. The molecule has 0 aliphatic heterocycles. The second-order valence-electron chi connectivity index (χ2n) is 6.63. The maximum atomic E-state index is 12.7. The van der Waals surface area contributed by atoms with E-state index in [1.165, 1.54) is 11.6 Å². The van der Waals surface area contributed by atoms with Gasteiger partial charge in [-0.3, -0.25) is 13.9 Å². The van der Waals surface area contributed by atoms with Crippen LogP contribution in [0.5, 0.6) is 5.75 Å². The molecule has 0 unspecified atom stereocenters. The normalized spacial score (nSPS) is 12.3. The molecule has 0 aliphatic carbocycles. The molecule has 0 amide bonds. The van der Waals surface area contributed by atoms with E-state index in [2.05, 4.69) is 10.3 Å². The van der Waals surface area contributed by atoms with Crippen LogP contribution < -0.4 is 21.3 Å². The van der Waals surface area contributed by atoms with Gasteiger partial charge < -0.3 is 19.7 Å². The summed E-state index contributed by atoms with van der Waals surface area (Å²) in [6.07, 6.45) is -0.0125. The van der Waals surface area contributed by atoms with Gasteiger partial charge in [-0.25, -0.2) is 4.79 Å². The highest BCUT2D eigenvalue weighted by atomic mass is 16.5. The average Bonchev–Trinajstić information content (AvgIpc) is 3.06. The van der Waals surface area contributed by atoms with Crippen molar-refractivity contribution in [2.24, 2.45) is 14.1 Å². The molecule has 1 aromatic carbocycles. The summed E-state index contributed by atoms with van der Waals surface area (Å²) in [4.78, 5) is 29.4. The van der Waals surface area contributed by atoms with Crippen molar-refractivity contribution in [1.82, 2.24) is 18.7 Å². The van der Waals surface area contributed by atoms with Crippen LogP contribution in [-0.2, 0) is 20.6 Å². The molecule has 28 heavy (non-hydrogen) atoms. The quantitative estimate of drug-likeness (QED) is 0.590. The molecule has 2 aromatic heterocycles. The number of para-hydroxylation sites is 1. The van der Waals surface area contributed by atoms with Crippen LogP contribution in [-0.4, -0.2) is 43.0 Å². The molecule has 3 rings (SSSR count). The van der Waals surface area contributed by atoms with Gasteiger partial charge in [-0.1, -0.05) is 25.1 Å². The number of nitrogens with zero attached hydrogens (tertiary/aromatic N) is 4. The third-order valence-corrected chi connectivity index (χ3v) is 4.46. The second kappa shape index (κ2) is 8.30. The van der Waals surface area contributed by atoms with Crippen LogP contribution in [0.2, 0.25) is 0 Å². The Morgan fingerprint density at radius 3 is 2.57 bits per heavy atom. The Balaban J connectivity index is 1.95. The lowest BCUT2D eigenvalue weighted by Crippen LogP contribution is -2.38. The molecule has 0 aliphatic rings. The van der Waals surface area contributed by atoms with Gasteiger partial charge in [-0.15, -0.1) is 0 Å². The summed E-state index contributed by atoms with van der Waals surface area (Å²) in [5, 5.41) is 13.7. The van der Waals surface area contributed by atoms with Crippen molar-refractivity contribution in [1.29, 1.82) is 0 Å². The number of anilines is 1. The van der Waals surface area contributed by atoms with Crippen molar-refractivity contribution in [2.45, 2.75) is 26.0 Å². The van der Waals surface area contributed by atoms with Crippen molar-refractivity contribution >= 4 is 17.1 Å². The lowest BCUT2D eigenvalue weighted by Gasteiger charge is -2.16. The fourth-order valence-corrected chi connectivity index (χ4v) is 2.97. The number of rotatable bonds is 8. The Labute approximate surface area is 161 Å². The zero-order valence-corrected chi connectivity index (χ0v) is 16.3. The number of aryl methyl sites for hydroxylation is 1. The summed E-state index contributed by atoms with van der Waals surface area (Å²) < 4.78 is 9.59. The number of hydrogen-bond acceptors (Lipinski definition) is 6. The average molecular weight is 387 g/mol. The Hall–Kier alpha value is -3.07. The van der Waals surface area contributed by atoms with Crippen LogP contribution in [0, 0.1) is 0 Å². The molecule has 0 spiro atoms. The third-order valence-electron chi connectivity index (χ3n) is 4.46. The first-order chi connectivity index (χ1) is 13.4. The Morgan fingerprint density at radius 1 is 1.18 bits per heavy atom. The SMILES string of the molecule is CCCNc1nc2c(c(=O)n(C)c(=O)n2C)n1C[C@H](O)COc1ccccc1. The highest BCUT2D eigenvalue weighted by molar-refractivity contribution is 5.74. The van der Waals surface area contributed by atoms with E-state index >= 15 is 0 Å². The first kappa shape index (κ1) is 19.7. The van der Waals surface area contributed by atoms with Crippen molar-refractivity contribution in [3.63, 3.8) is 0 Å². The fourth-order valence-electron chi connectivity index (χ4n) is 2.97. The van der Waals surface area contributed by atoms with E-state index in [1.807, 2.05) is 25.1 Å². The minimum Gasteiger partial charge on any atom is -0.491 e. The molecular formula is C19H25N5O4. The maximum Gasteiger partial charge on any atom is 0.332 e. The summed E-state index contributed by atoms with van der Waals surface area (Å²) in [5.74, 6) is 1.09. The zero-order valence-electron chi connectivity index (χ0n) is 16.3. The fraction of sp³-hybridized carbons (Fsp3) is 0.421. The first-order valence-corrected chi connectivity index (χ1v) is 9.20. The second-order valence-corrected chi connectivity index (χ2v) is 6.63. The predicted octanol–water partition coefficient (Wildman–Crippen LogP) is 0.696. The minimum atomic E-state index is -0.873. The molecule has 150 valence electrons. The van der Waals surface area contributed by atoms with Gasteiger partial charge in [0.25, 0.3) is 5.56 Å². The van der Waals surface area contributed by atoms with E-state index in [4.69, 9.17) is 4.74 Å². The molecule has 9 nitrogen and oxygen atoms in total. The largest absolute Gasteiger partial charge is 0.491 e. The molecule has 2 heterocycles. The highest BCUT2D eigenvalue weighted by Crippen LogP contribution is 2.17. The Kier molecular flexibility index (Phi) is 5.84. The van der Waals surface area contributed by atoms with E-state index in [0.717, 1.165) is 11.0 Å². The lowest BCUT2D eigenvalue weighted by molar-refractivity contribution is 0.0938. The Bertz CT molecular complexity index is 1070. The molecule has 0 saturated carbocycles. The number of aliphatic hydroxyl groups is 1. The highest BCUT2D eigenvalue weighted by Gasteiger charge is 2.21. The smallest absolute Gasteiger partial charge is 0.332 e. The van der Waals surface area contributed by atoms with Gasteiger partial charge in [0.2, 0.25) is 5.95 Å². The number of hydrogen-bond donors (Lipinski definition) is 2. The van der Waals surface area contributed by atoms with Crippen molar-refractivity contribution in [2.75, 3.05) is 18.5 Å². The van der Waals surface area contributed by atoms with Crippen LogP contribution in [0.1, 0.15) is 13.3 Å². The summed E-state index contributed by atoms with van der Waals surface area (Å²) >= 11 is 0. The van der Waals surface area contributed by atoms with E-state index in [0.29, 0.717) is 18.2 Å². The van der Waals surface area contributed by atoms with Crippen molar-refractivity contribution < 1.29 is 9.84 Å². The molecule has 0 saturated heterocycles. The van der Waals surface area contributed by atoms with Gasteiger partial charge >= 0.3 is 5.69 Å². The summed E-state index contributed by atoms with van der Waals surface area (Å²) in [6.45, 7) is 2.82. The van der Waals surface area contributed by atoms with Gasteiger partial charge in [0, 0.05) is 20.6 Å². The Morgan fingerprint density at radius 2 is 1.89 bits per heavy atom. The number of ether oxygens (including phenoxy) is 1. The van der Waals surface area contributed by atoms with Crippen LogP contribution >= 0.6 is 0 Å². The van der Waals surface area contributed by atoms with Gasteiger partial charge in [-0.2, -0.15) is 4.98 Å². The van der Waals surface area contributed by atoms with E-state index < -0.39 is 17.4 Å². The van der Waals surface area contributed by atoms with E-state index in [1.54, 1.807) is 23.7 Å². The number of aliphatic hydroxyl groups excluding tert-OH is 1. The third kappa shape index (κ3) is 3.79. The van der Waals surface area contributed by atoms with Gasteiger partial charge in [-0.05, 0) is 18.6 Å². The van der Waals surface area contributed by atoms with E-state index in [9.17, 15) is 14.7 Å². The molecule has 0 radical (unpaired) electrons. The van der Waals surface area contributed by atoms with Crippen molar-refractivity contribution in [3.05, 3.63) is 51.2 Å². The molecule has 0 bridgehead atoms. The predicted molar refractivity (Wildman–Crippen MR) is 107 cm³/mol. The van der Waals surface area contributed by atoms with Gasteiger partial charge in [0.15, 0.2) is 11.2 Å². The van der Waals surface area contributed by atoms with Gasteiger partial charge in [0.1, 0.15) is 18.5 Å². The zero-order chi connectivity index (χ0) is 20.3.